The number of nitrogens with two attached hydrogens (primary N) is 1. The summed E-state index contributed by atoms with van der Waals surface area (Å²) in [5.41, 5.74) is 7.97. The fourth-order valence-corrected chi connectivity index (χ4v) is 3.49. The van der Waals surface area contributed by atoms with Crippen molar-refractivity contribution in [2.75, 3.05) is 33.2 Å². The molecule has 21 heavy (non-hydrogen) atoms. The van der Waals surface area contributed by atoms with E-state index in [1.807, 2.05) is 0 Å². The van der Waals surface area contributed by atoms with Crippen LogP contribution in [-0.4, -0.2) is 49.1 Å². The van der Waals surface area contributed by atoms with Crippen LogP contribution in [0.3, 0.4) is 0 Å². The normalized spacial score (nSPS) is 22.2. The summed E-state index contributed by atoms with van der Waals surface area (Å²) in [5.74, 6) is 0.588. The van der Waals surface area contributed by atoms with Gasteiger partial charge in [-0.1, -0.05) is 44.2 Å². The van der Waals surface area contributed by atoms with Gasteiger partial charge in [-0.25, -0.2) is 0 Å². The van der Waals surface area contributed by atoms with Gasteiger partial charge in [-0.2, -0.15) is 0 Å². The maximum absolute atomic E-state index is 6.97. The monoisotopic (exact) mass is 289 g/mol. The van der Waals surface area contributed by atoms with Crippen LogP contribution in [-0.2, 0) is 5.54 Å². The van der Waals surface area contributed by atoms with Crippen molar-refractivity contribution in [1.29, 1.82) is 0 Å². The third-order valence-corrected chi connectivity index (χ3v) is 4.89. The number of rotatable bonds is 5. The minimum absolute atomic E-state index is 0.272. The second-order valence-electron chi connectivity index (χ2n) is 7.02. The van der Waals surface area contributed by atoms with E-state index in [1.54, 1.807) is 0 Å². The molecule has 1 aromatic rings. The maximum atomic E-state index is 6.97. The Morgan fingerprint density at radius 2 is 1.62 bits per heavy atom. The van der Waals surface area contributed by atoms with E-state index >= 15 is 0 Å². The van der Waals surface area contributed by atoms with Gasteiger partial charge in [-0.15, -0.1) is 0 Å². The lowest BCUT2D eigenvalue weighted by atomic mass is 9.77. The molecule has 1 aliphatic rings. The van der Waals surface area contributed by atoms with Crippen LogP contribution >= 0.6 is 0 Å². The molecule has 3 nitrogen and oxygen atoms in total. The molecule has 0 aromatic heterocycles. The number of hydrogen-bond donors (Lipinski definition) is 1. The number of likely N-dealkylation sites (N-methyl/N-ethyl adjacent to an activating group) is 1. The van der Waals surface area contributed by atoms with Gasteiger partial charge < -0.3 is 10.6 Å². The molecule has 0 amide bonds. The van der Waals surface area contributed by atoms with Crippen molar-refractivity contribution in [2.45, 2.75) is 38.8 Å². The van der Waals surface area contributed by atoms with E-state index in [2.05, 4.69) is 68.0 Å². The topological polar surface area (TPSA) is 32.5 Å². The molecule has 1 fully saturated rings. The molecule has 0 aliphatic carbocycles. The summed E-state index contributed by atoms with van der Waals surface area (Å²) in [6.45, 7) is 11.3. The van der Waals surface area contributed by atoms with E-state index in [1.165, 1.54) is 5.56 Å². The first-order chi connectivity index (χ1) is 9.93. The Labute approximate surface area is 130 Å². The summed E-state index contributed by atoms with van der Waals surface area (Å²) in [4.78, 5) is 4.96. The van der Waals surface area contributed by atoms with Crippen LogP contribution in [0.15, 0.2) is 30.3 Å². The number of piperazine rings is 1. The van der Waals surface area contributed by atoms with Crippen molar-refractivity contribution in [3.63, 3.8) is 0 Å². The Hall–Kier alpha value is -0.900. The molecule has 2 atom stereocenters. The molecule has 1 heterocycles. The quantitative estimate of drug-likeness (QED) is 0.904. The Morgan fingerprint density at radius 1 is 1.05 bits per heavy atom. The Morgan fingerprint density at radius 3 is 2.14 bits per heavy atom. The molecule has 2 rings (SSSR count). The van der Waals surface area contributed by atoms with E-state index in [0.717, 1.165) is 32.6 Å². The third-order valence-electron chi connectivity index (χ3n) is 4.89. The minimum atomic E-state index is -0.272. The lowest BCUT2D eigenvalue weighted by Gasteiger charge is -2.46. The largest absolute Gasteiger partial charge is 0.320 e. The fraction of sp³-hybridized carbons (Fsp3) is 0.667. The van der Waals surface area contributed by atoms with Crippen LogP contribution in [0.2, 0.25) is 0 Å². The summed E-state index contributed by atoms with van der Waals surface area (Å²) in [6, 6.07) is 11.0. The molecule has 2 N–H and O–H groups in total. The van der Waals surface area contributed by atoms with Crippen LogP contribution in [0.25, 0.3) is 0 Å². The first-order valence-corrected chi connectivity index (χ1v) is 8.20. The molecular formula is C18H31N3. The molecular weight excluding hydrogens is 258 g/mol. The first-order valence-electron chi connectivity index (χ1n) is 8.20. The average molecular weight is 289 g/mol. The van der Waals surface area contributed by atoms with E-state index in [-0.39, 0.29) is 5.54 Å². The first kappa shape index (κ1) is 16.5. The summed E-state index contributed by atoms with van der Waals surface area (Å²) in [6.07, 6.45) is 1.02. The molecule has 1 saturated heterocycles. The highest BCUT2D eigenvalue weighted by Crippen LogP contribution is 2.32. The highest BCUT2D eigenvalue weighted by molar-refractivity contribution is 5.26. The molecule has 0 bridgehead atoms. The number of benzene rings is 1. The SMILES string of the molecule is CC(C)CC(N)(c1ccccc1)C(C)N1CCN(C)CC1. The van der Waals surface area contributed by atoms with E-state index in [0.29, 0.717) is 12.0 Å². The summed E-state index contributed by atoms with van der Waals surface area (Å²) >= 11 is 0. The molecule has 1 aromatic carbocycles. The standard InChI is InChI=1S/C18H31N3/c1-15(2)14-18(19,17-8-6-5-7-9-17)16(3)21-12-10-20(4)11-13-21/h5-9,15-16H,10-14,19H2,1-4H3. The van der Waals surface area contributed by atoms with Crippen LogP contribution in [0.4, 0.5) is 0 Å². The van der Waals surface area contributed by atoms with Crippen LogP contribution < -0.4 is 5.73 Å². The van der Waals surface area contributed by atoms with Crippen molar-refractivity contribution in [1.82, 2.24) is 9.80 Å². The van der Waals surface area contributed by atoms with Crippen LogP contribution in [0.5, 0.6) is 0 Å². The van der Waals surface area contributed by atoms with Gasteiger partial charge in [-0.3, -0.25) is 4.90 Å². The smallest absolute Gasteiger partial charge is 0.0567 e. The minimum Gasteiger partial charge on any atom is -0.320 e. The highest BCUT2D eigenvalue weighted by atomic mass is 15.3. The van der Waals surface area contributed by atoms with Crippen molar-refractivity contribution in [3.8, 4) is 0 Å². The second kappa shape index (κ2) is 6.91. The van der Waals surface area contributed by atoms with Gasteiger partial charge in [0.25, 0.3) is 0 Å². The molecule has 0 radical (unpaired) electrons. The Kier molecular flexibility index (Phi) is 5.42. The summed E-state index contributed by atoms with van der Waals surface area (Å²) < 4.78 is 0. The molecule has 2 unspecified atom stereocenters. The molecule has 3 heteroatoms. The van der Waals surface area contributed by atoms with Crippen molar-refractivity contribution >= 4 is 0 Å². The lowest BCUT2D eigenvalue weighted by molar-refractivity contribution is 0.0672. The zero-order chi connectivity index (χ0) is 15.5. The fourth-order valence-electron chi connectivity index (χ4n) is 3.49. The van der Waals surface area contributed by atoms with E-state index in [9.17, 15) is 0 Å². The van der Waals surface area contributed by atoms with Gasteiger partial charge in [0.05, 0.1) is 5.54 Å². The van der Waals surface area contributed by atoms with Gasteiger partial charge in [0.2, 0.25) is 0 Å². The number of nitrogens with zero attached hydrogens (tertiary/aromatic N) is 2. The molecule has 0 saturated carbocycles. The van der Waals surface area contributed by atoms with Gasteiger partial charge in [0, 0.05) is 32.2 Å². The predicted molar refractivity (Wildman–Crippen MR) is 90.3 cm³/mol. The molecule has 118 valence electrons. The Balaban J connectivity index is 2.23. The van der Waals surface area contributed by atoms with Crippen LogP contribution in [0, 0.1) is 5.92 Å². The molecule has 1 aliphatic heterocycles. The summed E-state index contributed by atoms with van der Waals surface area (Å²) in [7, 11) is 2.20. The van der Waals surface area contributed by atoms with E-state index < -0.39 is 0 Å². The van der Waals surface area contributed by atoms with E-state index in [4.69, 9.17) is 5.73 Å². The van der Waals surface area contributed by atoms with Crippen molar-refractivity contribution < 1.29 is 0 Å². The number of hydrogen-bond acceptors (Lipinski definition) is 3. The maximum Gasteiger partial charge on any atom is 0.0567 e. The zero-order valence-electron chi connectivity index (χ0n) is 14.0. The predicted octanol–water partition coefficient (Wildman–Crippen LogP) is 2.52. The third kappa shape index (κ3) is 3.85. The van der Waals surface area contributed by atoms with Gasteiger partial charge in [0.15, 0.2) is 0 Å². The Bertz CT molecular complexity index is 423. The lowest BCUT2D eigenvalue weighted by Crippen LogP contribution is -2.59. The second-order valence-corrected chi connectivity index (χ2v) is 7.02. The van der Waals surface area contributed by atoms with Crippen LogP contribution in [0.1, 0.15) is 32.8 Å². The zero-order valence-corrected chi connectivity index (χ0v) is 14.0. The van der Waals surface area contributed by atoms with Crippen molar-refractivity contribution in [2.24, 2.45) is 11.7 Å². The molecule has 0 spiro atoms. The average Bonchev–Trinajstić information content (AvgIpc) is 2.47. The van der Waals surface area contributed by atoms with Crippen molar-refractivity contribution in [3.05, 3.63) is 35.9 Å². The highest BCUT2D eigenvalue weighted by Gasteiger charge is 2.38. The van der Waals surface area contributed by atoms with Gasteiger partial charge in [0.1, 0.15) is 0 Å². The van der Waals surface area contributed by atoms with Gasteiger partial charge >= 0.3 is 0 Å². The van der Waals surface area contributed by atoms with Gasteiger partial charge in [-0.05, 0) is 31.9 Å². The summed E-state index contributed by atoms with van der Waals surface area (Å²) in [5, 5.41) is 0.